The highest BCUT2D eigenvalue weighted by molar-refractivity contribution is 5.77. The van der Waals surface area contributed by atoms with E-state index in [0.717, 1.165) is 41.9 Å². The van der Waals surface area contributed by atoms with Gasteiger partial charge in [0.15, 0.2) is 0 Å². The maximum absolute atomic E-state index is 12.6. The fourth-order valence-electron chi connectivity index (χ4n) is 1.97. The van der Waals surface area contributed by atoms with Gasteiger partial charge in [0.1, 0.15) is 6.26 Å². The van der Waals surface area contributed by atoms with Gasteiger partial charge in [0.05, 0.1) is 16.8 Å². The molecule has 1 aromatic heterocycles. The first kappa shape index (κ1) is 16.1. The predicted octanol–water partition coefficient (Wildman–Crippen LogP) is 5.25. The molecule has 1 aromatic carbocycles. The molecule has 1 N–H and O–H groups in total. The summed E-state index contributed by atoms with van der Waals surface area (Å²) in [6.07, 6.45) is 0.978. The number of hydrogen-bond acceptors (Lipinski definition) is 3. The van der Waals surface area contributed by atoms with E-state index in [-0.39, 0.29) is 0 Å². The van der Waals surface area contributed by atoms with Crippen molar-refractivity contribution in [1.29, 1.82) is 0 Å². The van der Waals surface area contributed by atoms with Crippen LogP contribution in [0.1, 0.15) is 36.6 Å². The van der Waals surface area contributed by atoms with Crippen molar-refractivity contribution in [1.82, 2.24) is 5.16 Å². The van der Waals surface area contributed by atoms with Crippen LogP contribution in [0.25, 0.3) is 5.70 Å². The molecule has 22 heavy (non-hydrogen) atoms. The van der Waals surface area contributed by atoms with Crippen molar-refractivity contribution in [3.05, 3.63) is 53.4 Å². The minimum atomic E-state index is -4.33. The van der Waals surface area contributed by atoms with Crippen molar-refractivity contribution in [3.8, 4) is 0 Å². The molecule has 0 aliphatic rings. The zero-order valence-electron chi connectivity index (χ0n) is 12.4. The number of halogens is 3. The normalized spacial score (nSPS) is 12.5. The van der Waals surface area contributed by atoms with E-state index < -0.39 is 11.7 Å². The van der Waals surface area contributed by atoms with Gasteiger partial charge in [-0.05, 0) is 37.6 Å². The number of allylic oxidation sites excluding steroid dienone is 1. The third-order valence-electron chi connectivity index (χ3n) is 3.17. The molecule has 0 amide bonds. The Morgan fingerprint density at radius 1 is 1.27 bits per heavy atom. The third-order valence-corrected chi connectivity index (χ3v) is 3.17. The highest BCUT2D eigenvalue weighted by Crippen LogP contribution is 2.30. The summed E-state index contributed by atoms with van der Waals surface area (Å²) in [5, 5.41) is 6.96. The first-order valence-electron chi connectivity index (χ1n) is 6.97. The lowest BCUT2D eigenvalue weighted by Crippen LogP contribution is -2.05. The largest absolute Gasteiger partial charge is 0.416 e. The van der Waals surface area contributed by atoms with Gasteiger partial charge in [-0.15, -0.1) is 0 Å². The first-order chi connectivity index (χ1) is 10.4. The van der Waals surface area contributed by atoms with Crippen molar-refractivity contribution in [2.24, 2.45) is 0 Å². The molecule has 3 nitrogen and oxygen atoms in total. The summed E-state index contributed by atoms with van der Waals surface area (Å²) >= 11 is 0. The van der Waals surface area contributed by atoms with Gasteiger partial charge in [-0.3, -0.25) is 0 Å². The summed E-state index contributed by atoms with van der Waals surface area (Å²) in [5.41, 5.74) is 2.21. The Hall–Kier alpha value is -2.24. The van der Waals surface area contributed by atoms with E-state index in [1.165, 1.54) is 18.4 Å². The second-order valence-electron chi connectivity index (χ2n) is 4.92. The molecule has 0 radical (unpaired) electrons. The average molecular weight is 310 g/mol. The van der Waals surface area contributed by atoms with Crippen LogP contribution in [0.2, 0.25) is 0 Å². The van der Waals surface area contributed by atoms with Crippen molar-refractivity contribution in [2.45, 2.75) is 32.9 Å². The van der Waals surface area contributed by atoms with Crippen LogP contribution >= 0.6 is 0 Å². The molecule has 0 unspecified atom stereocenters. The summed E-state index contributed by atoms with van der Waals surface area (Å²) in [4.78, 5) is 0. The molecule has 118 valence electrons. The van der Waals surface area contributed by atoms with Gasteiger partial charge in [-0.25, -0.2) is 0 Å². The molecule has 1 heterocycles. The van der Waals surface area contributed by atoms with E-state index in [1.54, 1.807) is 0 Å². The SMILES string of the molecule is CCC/C=C(\Nc1ccc(C(F)(F)F)cc1)c1conc1C. The minimum Gasteiger partial charge on any atom is -0.364 e. The zero-order chi connectivity index (χ0) is 16.2. The van der Waals surface area contributed by atoms with Crippen LogP contribution in [0.5, 0.6) is 0 Å². The second kappa shape index (κ2) is 6.68. The molecule has 2 rings (SSSR count). The van der Waals surface area contributed by atoms with Crippen LogP contribution in [0.3, 0.4) is 0 Å². The van der Waals surface area contributed by atoms with Crippen LogP contribution in [-0.4, -0.2) is 5.16 Å². The second-order valence-corrected chi connectivity index (χ2v) is 4.92. The van der Waals surface area contributed by atoms with Crippen molar-refractivity contribution in [3.63, 3.8) is 0 Å². The van der Waals surface area contributed by atoms with E-state index in [9.17, 15) is 13.2 Å². The van der Waals surface area contributed by atoms with Gasteiger partial charge >= 0.3 is 6.18 Å². The number of aromatic nitrogens is 1. The number of benzene rings is 1. The molecule has 0 aliphatic heterocycles. The van der Waals surface area contributed by atoms with Gasteiger partial charge in [-0.1, -0.05) is 24.6 Å². The Morgan fingerprint density at radius 2 is 1.95 bits per heavy atom. The molecule has 0 spiro atoms. The minimum absolute atomic E-state index is 0.580. The molecule has 6 heteroatoms. The van der Waals surface area contributed by atoms with Gasteiger partial charge in [0.25, 0.3) is 0 Å². The van der Waals surface area contributed by atoms with E-state index in [4.69, 9.17) is 4.52 Å². The Labute approximate surface area is 126 Å². The van der Waals surface area contributed by atoms with Crippen LogP contribution < -0.4 is 5.32 Å². The first-order valence-corrected chi connectivity index (χ1v) is 6.97. The standard InChI is InChI=1S/C16H17F3N2O/c1-3-4-5-15(14-10-22-21-11(14)2)20-13-8-6-12(7-9-13)16(17,18)19/h5-10,20H,3-4H2,1-2H3/b15-5-. The van der Waals surface area contributed by atoms with E-state index >= 15 is 0 Å². The van der Waals surface area contributed by atoms with Crippen LogP contribution in [-0.2, 0) is 6.18 Å². The van der Waals surface area contributed by atoms with Gasteiger partial charge < -0.3 is 9.84 Å². The summed E-state index contributed by atoms with van der Waals surface area (Å²) in [7, 11) is 0. The topological polar surface area (TPSA) is 38.1 Å². The Morgan fingerprint density at radius 3 is 2.45 bits per heavy atom. The van der Waals surface area contributed by atoms with Gasteiger partial charge in [-0.2, -0.15) is 13.2 Å². The summed E-state index contributed by atoms with van der Waals surface area (Å²) < 4.78 is 42.6. The lowest BCUT2D eigenvalue weighted by Gasteiger charge is -2.12. The smallest absolute Gasteiger partial charge is 0.364 e. The number of aryl methyl sites for hydroxylation is 1. The van der Waals surface area contributed by atoms with Crippen LogP contribution in [0, 0.1) is 6.92 Å². The average Bonchev–Trinajstić information content (AvgIpc) is 2.89. The Bertz CT molecular complexity index is 642. The van der Waals surface area contributed by atoms with Gasteiger partial charge in [0.2, 0.25) is 0 Å². The number of anilines is 1. The summed E-state index contributed by atoms with van der Waals surface area (Å²) in [5.74, 6) is 0. The lowest BCUT2D eigenvalue weighted by molar-refractivity contribution is -0.137. The van der Waals surface area contributed by atoms with Crippen molar-refractivity contribution >= 4 is 11.4 Å². The van der Waals surface area contributed by atoms with E-state index in [1.807, 2.05) is 19.9 Å². The molecule has 0 aliphatic carbocycles. The van der Waals surface area contributed by atoms with Crippen molar-refractivity contribution in [2.75, 3.05) is 5.32 Å². The number of nitrogens with one attached hydrogen (secondary N) is 1. The summed E-state index contributed by atoms with van der Waals surface area (Å²) in [6, 6.07) is 4.93. The molecule has 0 atom stereocenters. The van der Waals surface area contributed by atoms with E-state index in [2.05, 4.69) is 10.5 Å². The molecule has 0 saturated carbocycles. The number of rotatable bonds is 5. The molecule has 0 saturated heterocycles. The third kappa shape index (κ3) is 3.90. The predicted molar refractivity (Wildman–Crippen MR) is 79.2 cm³/mol. The fourth-order valence-corrected chi connectivity index (χ4v) is 1.97. The lowest BCUT2D eigenvalue weighted by atomic mass is 10.1. The number of nitrogens with zero attached hydrogens (tertiary/aromatic N) is 1. The highest BCUT2D eigenvalue weighted by atomic mass is 19.4. The van der Waals surface area contributed by atoms with Crippen LogP contribution in [0.4, 0.5) is 18.9 Å². The molecular formula is C16H17F3N2O. The van der Waals surface area contributed by atoms with Crippen molar-refractivity contribution < 1.29 is 17.7 Å². The number of hydrogen-bond donors (Lipinski definition) is 1. The molecule has 0 fully saturated rings. The Balaban J connectivity index is 2.23. The Kier molecular flexibility index (Phi) is 4.90. The molecular weight excluding hydrogens is 293 g/mol. The highest BCUT2D eigenvalue weighted by Gasteiger charge is 2.29. The zero-order valence-corrected chi connectivity index (χ0v) is 12.4. The van der Waals surface area contributed by atoms with Gasteiger partial charge in [0, 0.05) is 11.4 Å². The van der Waals surface area contributed by atoms with Crippen LogP contribution in [0.15, 0.2) is 41.1 Å². The maximum Gasteiger partial charge on any atom is 0.416 e. The monoisotopic (exact) mass is 310 g/mol. The quantitative estimate of drug-likeness (QED) is 0.819. The number of alkyl halides is 3. The molecule has 0 bridgehead atoms. The fraction of sp³-hybridized carbons (Fsp3) is 0.312. The molecule has 2 aromatic rings. The van der Waals surface area contributed by atoms with E-state index in [0.29, 0.717) is 5.69 Å². The number of unbranched alkanes of at least 4 members (excludes halogenated alkanes) is 1. The maximum atomic E-state index is 12.6. The summed E-state index contributed by atoms with van der Waals surface area (Å²) in [6.45, 7) is 3.86.